The third kappa shape index (κ3) is 8.02. The van der Waals surface area contributed by atoms with Crippen LogP contribution in [-0.2, 0) is 20.1 Å². The Balaban J connectivity index is 0.000000199. The molecule has 9 rings (SSSR count). The molecular formula is C50H42IrN2OSi-2. The molecule has 0 N–H and O–H groups in total. The minimum absolute atomic E-state index is 0. The molecule has 3 aromatic heterocycles. The summed E-state index contributed by atoms with van der Waals surface area (Å²) in [4.78, 5) is 9.29. The Morgan fingerprint density at radius 2 is 1.35 bits per heavy atom. The van der Waals surface area contributed by atoms with Crippen molar-refractivity contribution in [3.63, 3.8) is 0 Å². The van der Waals surface area contributed by atoms with Gasteiger partial charge in [-0.25, -0.2) is 0 Å². The number of benzene rings is 6. The van der Waals surface area contributed by atoms with Crippen LogP contribution in [0.1, 0.15) is 25.3 Å². The Morgan fingerprint density at radius 1 is 0.582 bits per heavy atom. The molecule has 0 fully saturated rings. The Kier molecular flexibility index (Phi) is 11.1. The van der Waals surface area contributed by atoms with E-state index in [1.54, 1.807) is 0 Å². The largest absolute Gasteiger partial charge is 0.500 e. The molecule has 0 spiro atoms. The number of fused-ring (bicyclic) bond motifs is 4. The molecule has 5 heteroatoms. The normalized spacial score (nSPS) is 11.4. The van der Waals surface area contributed by atoms with Gasteiger partial charge in [0.25, 0.3) is 0 Å². The predicted molar refractivity (Wildman–Crippen MR) is 230 cm³/mol. The van der Waals surface area contributed by atoms with Gasteiger partial charge >= 0.3 is 0 Å². The van der Waals surface area contributed by atoms with E-state index in [1.807, 2.05) is 42.6 Å². The van der Waals surface area contributed by atoms with E-state index in [4.69, 9.17) is 4.42 Å². The second kappa shape index (κ2) is 16.1. The Bertz CT molecular complexity index is 2730. The smallest absolute Gasteiger partial charge is 0.121 e. The Morgan fingerprint density at radius 3 is 2.13 bits per heavy atom. The van der Waals surface area contributed by atoms with Crippen LogP contribution < -0.4 is 5.19 Å². The van der Waals surface area contributed by atoms with E-state index >= 15 is 0 Å². The van der Waals surface area contributed by atoms with Crippen molar-refractivity contribution in [1.29, 1.82) is 0 Å². The SMILES string of the molecule is CC(C)c1cc(-c2[c-]cccc2)ncc1[Si](C)(C)C.[Ir].[c-]1cc2oc3cc(-c4cccc5ccccc45)ccc3c2cc1-c1cc(-c2ccccc2)ccn1. The predicted octanol–water partition coefficient (Wildman–Crippen LogP) is 13.2. The van der Waals surface area contributed by atoms with Gasteiger partial charge in [0.05, 0.1) is 13.7 Å². The first-order chi connectivity index (χ1) is 26.2. The summed E-state index contributed by atoms with van der Waals surface area (Å²) >= 11 is 0. The number of hydrogen-bond donors (Lipinski definition) is 0. The fourth-order valence-electron chi connectivity index (χ4n) is 7.18. The van der Waals surface area contributed by atoms with Crippen molar-refractivity contribution in [3.05, 3.63) is 176 Å². The number of aromatic nitrogens is 2. The molecule has 3 nitrogen and oxygen atoms in total. The van der Waals surface area contributed by atoms with Crippen LogP contribution in [0.2, 0.25) is 19.6 Å². The van der Waals surface area contributed by atoms with Gasteiger partial charge in [0, 0.05) is 37.9 Å². The minimum atomic E-state index is -1.34. The number of nitrogens with zero attached hydrogens (tertiary/aromatic N) is 2. The molecule has 273 valence electrons. The van der Waals surface area contributed by atoms with Crippen LogP contribution in [-0.4, -0.2) is 18.0 Å². The molecule has 0 bridgehead atoms. The van der Waals surface area contributed by atoms with Gasteiger partial charge in [-0.05, 0) is 67.7 Å². The van der Waals surface area contributed by atoms with Crippen molar-refractivity contribution in [2.75, 3.05) is 0 Å². The standard InChI is InChI=1S/C33H20NO.C17H22NSi.Ir/c1-2-7-22(8-3-1)24-17-18-34-31(20-24)26-14-16-32-30(19-26)29-15-13-25(21-33(29)35-32)28-12-6-10-23-9-4-5-11-27(23)28;1-13(2)15-11-16(14-9-7-6-8-10-14)18-12-17(15)19(3,4)5;/h1-13,15-21H;6-9,11-13H,1-5H3;/q2*-1;. The molecule has 0 unspecified atom stereocenters. The van der Waals surface area contributed by atoms with Crippen LogP contribution in [0.3, 0.4) is 0 Å². The summed E-state index contributed by atoms with van der Waals surface area (Å²) < 4.78 is 6.26. The fraction of sp³-hybridized carbons (Fsp3) is 0.120. The molecule has 1 radical (unpaired) electrons. The molecule has 0 saturated carbocycles. The third-order valence-electron chi connectivity index (χ3n) is 10.00. The van der Waals surface area contributed by atoms with Crippen molar-refractivity contribution < 1.29 is 24.5 Å². The number of rotatable bonds is 6. The fourth-order valence-corrected chi connectivity index (χ4v) is 8.86. The summed E-state index contributed by atoms with van der Waals surface area (Å²) in [6, 6.07) is 56.9. The maximum absolute atomic E-state index is 6.26. The van der Waals surface area contributed by atoms with Gasteiger partial charge in [-0.3, -0.25) is 0 Å². The van der Waals surface area contributed by atoms with Gasteiger partial charge < -0.3 is 14.4 Å². The van der Waals surface area contributed by atoms with Crippen molar-refractivity contribution in [3.8, 4) is 44.8 Å². The maximum Gasteiger partial charge on any atom is 0.121 e. The number of pyridine rings is 2. The zero-order valence-corrected chi connectivity index (χ0v) is 35.1. The van der Waals surface area contributed by atoms with Gasteiger partial charge in [0.1, 0.15) is 5.58 Å². The summed E-state index contributed by atoms with van der Waals surface area (Å²) in [5.74, 6) is 0.534. The average molecular weight is 907 g/mol. The van der Waals surface area contributed by atoms with E-state index < -0.39 is 8.07 Å². The third-order valence-corrected chi connectivity index (χ3v) is 12.0. The van der Waals surface area contributed by atoms with Gasteiger partial charge in [-0.2, -0.15) is 0 Å². The zero-order chi connectivity index (χ0) is 37.2. The first-order valence-corrected chi connectivity index (χ1v) is 22.1. The van der Waals surface area contributed by atoms with Gasteiger partial charge in [0.15, 0.2) is 0 Å². The molecule has 6 aromatic carbocycles. The average Bonchev–Trinajstić information content (AvgIpc) is 3.58. The van der Waals surface area contributed by atoms with E-state index in [-0.39, 0.29) is 20.1 Å². The van der Waals surface area contributed by atoms with Gasteiger partial charge in [0.2, 0.25) is 0 Å². The summed E-state index contributed by atoms with van der Waals surface area (Å²) in [5.41, 5.74) is 11.8. The number of furan rings is 1. The molecular weight excluding hydrogens is 865 g/mol. The summed E-state index contributed by atoms with van der Waals surface area (Å²) in [6.45, 7) is 11.7. The molecule has 0 aliphatic rings. The summed E-state index contributed by atoms with van der Waals surface area (Å²) in [7, 11) is -1.34. The van der Waals surface area contributed by atoms with E-state index in [9.17, 15) is 0 Å². The van der Waals surface area contributed by atoms with Crippen LogP contribution in [0.15, 0.2) is 162 Å². The molecule has 0 amide bonds. The quantitative estimate of drug-likeness (QED) is 0.123. The van der Waals surface area contributed by atoms with Crippen molar-refractivity contribution >= 4 is 46.0 Å². The molecule has 55 heavy (non-hydrogen) atoms. The molecule has 0 atom stereocenters. The Labute approximate surface area is 338 Å². The van der Waals surface area contributed by atoms with Crippen LogP contribution in [0.5, 0.6) is 0 Å². The van der Waals surface area contributed by atoms with E-state index in [0.29, 0.717) is 5.92 Å². The van der Waals surface area contributed by atoms with E-state index in [2.05, 4.69) is 171 Å². The second-order valence-electron chi connectivity index (χ2n) is 15.1. The topological polar surface area (TPSA) is 38.9 Å². The minimum Gasteiger partial charge on any atom is -0.500 e. The maximum atomic E-state index is 6.26. The first kappa shape index (κ1) is 37.8. The summed E-state index contributed by atoms with van der Waals surface area (Å²) in [5, 5.41) is 6.12. The van der Waals surface area contributed by atoms with Crippen LogP contribution in [0.25, 0.3) is 77.5 Å². The second-order valence-corrected chi connectivity index (χ2v) is 20.1. The van der Waals surface area contributed by atoms with Crippen LogP contribution in [0, 0.1) is 12.1 Å². The molecule has 3 heterocycles. The van der Waals surface area contributed by atoms with Crippen molar-refractivity contribution in [2.45, 2.75) is 39.4 Å². The van der Waals surface area contributed by atoms with E-state index in [1.165, 1.54) is 32.6 Å². The molecule has 0 aliphatic heterocycles. The van der Waals surface area contributed by atoms with Crippen molar-refractivity contribution in [1.82, 2.24) is 9.97 Å². The molecule has 0 saturated heterocycles. The monoisotopic (exact) mass is 907 g/mol. The number of hydrogen-bond acceptors (Lipinski definition) is 3. The zero-order valence-electron chi connectivity index (χ0n) is 31.7. The van der Waals surface area contributed by atoms with E-state index in [0.717, 1.165) is 55.6 Å². The van der Waals surface area contributed by atoms with Gasteiger partial charge in [-0.1, -0.05) is 142 Å². The van der Waals surface area contributed by atoms with Crippen molar-refractivity contribution in [2.24, 2.45) is 0 Å². The van der Waals surface area contributed by atoms with Crippen LogP contribution >= 0.6 is 0 Å². The van der Waals surface area contributed by atoms with Gasteiger partial charge in [-0.15, -0.1) is 59.7 Å². The first-order valence-electron chi connectivity index (χ1n) is 18.6. The Hall–Kier alpha value is -5.45. The summed E-state index contributed by atoms with van der Waals surface area (Å²) in [6.07, 6.45) is 3.96. The molecule has 0 aliphatic carbocycles. The molecule has 9 aromatic rings. The van der Waals surface area contributed by atoms with Crippen LogP contribution in [0.4, 0.5) is 0 Å².